The molecule has 0 amide bonds. The SMILES string of the molecule is CCC(C)(C)c1cc(C(C)(C)CC)c2cc(O)c(C(C)(C)CC)cc2c1. The molecule has 0 radical (unpaired) electrons. The summed E-state index contributed by atoms with van der Waals surface area (Å²) in [6.07, 6.45) is 3.18. The Hall–Kier alpha value is -1.50. The zero-order valence-electron chi connectivity index (χ0n) is 18.4. The summed E-state index contributed by atoms with van der Waals surface area (Å²) in [5.41, 5.74) is 3.99. The third-order valence-corrected chi connectivity index (χ3v) is 6.96. The monoisotopic (exact) mass is 354 g/mol. The average molecular weight is 355 g/mol. The van der Waals surface area contributed by atoms with Crippen LogP contribution < -0.4 is 0 Å². The summed E-state index contributed by atoms with van der Waals surface area (Å²) < 4.78 is 0. The van der Waals surface area contributed by atoms with Crippen molar-refractivity contribution in [2.24, 2.45) is 0 Å². The first kappa shape index (κ1) is 20.8. The molecular formula is C25H38O. The summed E-state index contributed by atoms with van der Waals surface area (Å²) in [4.78, 5) is 0. The molecular weight excluding hydrogens is 316 g/mol. The molecule has 144 valence electrons. The fourth-order valence-corrected chi connectivity index (χ4v) is 3.48. The molecule has 0 spiro atoms. The number of hydrogen-bond donors (Lipinski definition) is 1. The molecule has 0 aliphatic rings. The maximum absolute atomic E-state index is 10.8. The van der Waals surface area contributed by atoms with Crippen LogP contribution in [0.3, 0.4) is 0 Å². The van der Waals surface area contributed by atoms with Gasteiger partial charge in [0, 0.05) is 5.56 Å². The van der Waals surface area contributed by atoms with Crippen molar-refractivity contribution < 1.29 is 5.11 Å². The first-order chi connectivity index (χ1) is 11.9. The minimum Gasteiger partial charge on any atom is -0.508 e. The Balaban J connectivity index is 2.91. The number of aromatic hydroxyl groups is 1. The van der Waals surface area contributed by atoms with Crippen LogP contribution in [0.1, 0.15) is 98.3 Å². The molecule has 26 heavy (non-hydrogen) atoms. The van der Waals surface area contributed by atoms with E-state index in [2.05, 4.69) is 80.5 Å². The number of phenolic OH excluding ortho intramolecular Hbond substituents is 1. The molecule has 0 atom stereocenters. The Morgan fingerprint density at radius 3 is 1.65 bits per heavy atom. The lowest BCUT2D eigenvalue weighted by Gasteiger charge is -2.31. The van der Waals surface area contributed by atoms with Crippen molar-refractivity contribution in [1.29, 1.82) is 0 Å². The van der Waals surface area contributed by atoms with Crippen LogP contribution in [0.4, 0.5) is 0 Å². The van der Waals surface area contributed by atoms with Gasteiger partial charge in [0.25, 0.3) is 0 Å². The molecule has 0 aromatic heterocycles. The number of phenols is 1. The van der Waals surface area contributed by atoms with Crippen molar-refractivity contribution in [3.8, 4) is 5.75 Å². The first-order valence-corrected chi connectivity index (χ1v) is 10.2. The lowest BCUT2D eigenvalue weighted by molar-refractivity contribution is 0.429. The molecule has 0 heterocycles. The van der Waals surface area contributed by atoms with Crippen molar-refractivity contribution in [2.75, 3.05) is 0 Å². The summed E-state index contributed by atoms with van der Waals surface area (Å²) in [5.74, 6) is 0.431. The van der Waals surface area contributed by atoms with Gasteiger partial charge in [0.15, 0.2) is 0 Å². The molecule has 1 heteroatoms. The fraction of sp³-hybridized carbons (Fsp3) is 0.600. The van der Waals surface area contributed by atoms with E-state index < -0.39 is 0 Å². The zero-order valence-corrected chi connectivity index (χ0v) is 18.4. The van der Waals surface area contributed by atoms with Crippen LogP contribution in [-0.2, 0) is 16.2 Å². The standard InChI is InChI=1S/C25H38O/c1-10-23(4,5)18-13-17-14-21(25(8,9)12-3)22(26)16-19(17)20(15-18)24(6,7)11-2/h13-16,26H,10-12H2,1-9H3. The summed E-state index contributed by atoms with van der Waals surface area (Å²) in [5, 5.41) is 13.3. The molecule has 0 aliphatic heterocycles. The lowest BCUT2D eigenvalue weighted by Crippen LogP contribution is -2.21. The van der Waals surface area contributed by atoms with Crippen LogP contribution in [0.2, 0.25) is 0 Å². The Morgan fingerprint density at radius 1 is 0.654 bits per heavy atom. The second-order valence-electron chi connectivity index (χ2n) is 9.83. The second kappa shape index (κ2) is 6.91. The van der Waals surface area contributed by atoms with Gasteiger partial charge in [-0.3, -0.25) is 0 Å². The number of fused-ring (bicyclic) bond motifs is 1. The molecule has 0 fully saturated rings. The third kappa shape index (κ3) is 3.63. The first-order valence-electron chi connectivity index (χ1n) is 10.2. The van der Waals surface area contributed by atoms with E-state index in [1.54, 1.807) is 0 Å². The highest BCUT2D eigenvalue weighted by atomic mass is 16.3. The molecule has 2 aromatic rings. The smallest absolute Gasteiger partial charge is 0.119 e. The van der Waals surface area contributed by atoms with Crippen LogP contribution >= 0.6 is 0 Å². The van der Waals surface area contributed by atoms with Crippen molar-refractivity contribution in [1.82, 2.24) is 0 Å². The molecule has 0 aliphatic carbocycles. The Morgan fingerprint density at radius 2 is 1.15 bits per heavy atom. The summed E-state index contributed by atoms with van der Waals surface area (Å²) in [7, 11) is 0. The number of rotatable bonds is 6. The third-order valence-electron chi connectivity index (χ3n) is 6.96. The normalized spacial score (nSPS) is 13.4. The lowest BCUT2D eigenvalue weighted by atomic mass is 9.73. The van der Waals surface area contributed by atoms with Gasteiger partial charge in [-0.05, 0) is 69.5 Å². The van der Waals surface area contributed by atoms with Crippen molar-refractivity contribution >= 4 is 10.8 Å². The highest BCUT2D eigenvalue weighted by Crippen LogP contribution is 2.42. The maximum atomic E-state index is 10.8. The largest absolute Gasteiger partial charge is 0.508 e. The van der Waals surface area contributed by atoms with E-state index in [0.29, 0.717) is 5.75 Å². The van der Waals surface area contributed by atoms with Gasteiger partial charge >= 0.3 is 0 Å². The van der Waals surface area contributed by atoms with Gasteiger partial charge in [-0.15, -0.1) is 0 Å². The van der Waals surface area contributed by atoms with E-state index in [-0.39, 0.29) is 16.2 Å². The Bertz CT molecular complexity index is 793. The summed E-state index contributed by atoms with van der Waals surface area (Å²) in [6.45, 7) is 20.4. The van der Waals surface area contributed by atoms with Gasteiger partial charge in [-0.1, -0.05) is 74.4 Å². The molecule has 0 unspecified atom stereocenters. The van der Waals surface area contributed by atoms with E-state index in [4.69, 9.17) is 0 Å². The zero-order chi connectivity index (χ0) is 19.9. The van der Waals surface area contributed by atoms with Crippen LogP contribution in [0.15, 0.2) is 24.3 Å². The quantitative estimate of drug-likeness (QED) is 0.566. The minimum atomic E-state index is -0.0327. The van der Waals surface area contributed by atoms with E-state index >= 15 is 0 Å². The Kier molecular flexibility index (Phi) is 5.53. The van der Waals surface area contributed by atoms with Crippen LogP contribution in [0, 0.1) is 0 Å². The maximum Gasteiger partial charge on any atom is 0.119 e. The van der Waals surface area contributed by atoms with Gasteiger partial charge in [0.05, 0.1) is 0 Å². The van der Waals surface area contributed by atoms with E-state index in [1.165, 1.54) is 21.9 Å². The summed E-state index contributed by atoms with van der Waals surface area (Å²) in [6, 6.07) is 8.98. The van der Waals surface area contributed by atoms with E-state index in [9.17, 15) is 5.11 Å². The van der Waals surface area contributed by atoms with Crippen LogP contribution in [-0.4, -0.2) is 5.11 Å². The molecule has 1 N–H and O–H groups in total. The topological polar surface area (TPSA) is 20.2 Å². The van der Waals surface area contributed by atoms with E-state index in [1.807, 2.05) is 6.07 Å². The van der Waals surface area contributed by atoms with Crippen molar-refractivity contribution in [3.63, 3.8) is 0 Å². The van der Waals surface area contributed by atoms with Gasteiger partial charge in [0.1, 0.15) is 5.75 Å². The fourth-order valence-electron chi connectivity index (χ4n) is 3.48. The second-order valence-corrected chi connectivity index (χ2v) is 9.83. The van der Waals surface area contributed by atoms with Gasteiger partial charge in [0.2, 0.25) is 0 Å². The predicted molar refractivity (Wildman–Crippen MR) is 116 cm³/mol. The molecule has 1 nitrogen and oxygen atoms in total. The van der Waals surface area contributed by atoms with Gasteiger partial charge in [-0.25, -0.2) is 0 Å². The highest BCUT2D eigenvalue weighted by Gasteiger charge is 2.28. The molecule has 0 saturated heterocycles. The molecule has 0 saturated carbocycles. The average Bonchev–Trinajstić information content (AvgIpc) is 2.59. The van der Waals surface area contributed by atoms with Crippen LogP contribution in [0.25, 0.3) is 10.8 Å². The van der Waals surface area contributed by atoms with Gasteiger partial charge < -0.3 is 5.11 Å². The molecule has 2 rings (SSSR count). The highest BCUT2D eigenvalue weighted by molar-refractivity contribution is 5.90. The molecule has 0 bridgehead atoms. The van der Waals surface area contributed by atoms with Crippen molar-refractivity contribution in [3.05, 3.63) is 41.0 Å². The number of hydrogen-bond acceptors (Lipinski definition) is 1. The number of benzene rings is 2. The predicted octanol–water partition coefficient (Wildman–Crippen LogP) is 7.61. The molecule has 2 aromatic carbocycles. The van der Waals surface area contributed by atoms with Crippen LogP contribution in [0.5, 0.6) is 5.75 Å². The van der Waals surface area contributed by atoms with Gasteiger partial charge in [-0.2, -0.15) is 0 Å². The Labute approximate surface area is 160 Å². The minimum absolute atomic E-state index is 0.0327. The van der Waals surface area contributed by atoms with E-state index in [0.717, 1.165) is 24.8 Å². The summed E-state index contributed by atoms with van der Waals surface area (Å²) >= 11 is 0. The van der Waals surface area contributed by atoms with Crippen molar-refractivity contribution in [2.45, 2.75) is 97.8 Å².